The van der Waals surface area contributed by atoms with Gasteiger partial charge in [0.2, 0.25) is 0 Å². The van der Waals surface area contributed by atoms with E-state index in [9.17, 15) is 8.78 Å². The highest BCUT2D eigenvalue weighted by Gasteiger charge is 2.39. The van der Waals surface area contributed by atoms with Crippen molar-refractivity contribution >= 4 is 0 Å². The Morgan fingerprint density at radius 1 is 1.28 bits per heavy atom. The van der Waals surface area contributed by atoms with Crippen LogP contribution in [0.5, 0.6) is 0 Å². The summed E-state index contributed by atoms with van der Waals surface area (Å²) < 4.78 is 30.2. The molecule has 0 aromatic rings. The second-order valence-electron chi connectivity index (χ2n) is 6.56. The molecule has 0 amide bonds. The highest BCUT2D eigenvalue weighted by molar-refractivity contribution is 4.92. The Balaban J connectivity index is 2.56. The van der Waals surface area contributed by atoms with Gasteiger partial charge in [-0.25, -0.2) is 8.78 Å². The van der Waals surface area contributed by atoms with Gasteiger partial charge in [-0.3, -0.25) is 0 Å². The highest BCUT2D eigenvalue weighted by Crippen LogP contribution is 2.42. The summed E-state index contributed by atoms with van der Waals surface area (Å²) in [4.78, 5) is 0. The Morgan fingerprint density at radius 2 is 1.83 bits per heavy atom. The lowest BCUT2D eigenvalue weighted by atomic mass is 9.68. The molecule has 0 heterocycles. The van der Waals surface area contributed by atoms with Crippen LogP contribution in [-0.2, 0) is 4.74 Å². The monoisotopic (exact) mass is 263 g/mol. The van der Waals surface area contributed by atoms with Crippen molar-refractivity contribution < 1.29 is 13.5 Å². The molecule has 2 nitrogen and oxygen atoms in total. The molecule has 1 aliphatic rings. The summed E-state index contributed by atoms with van der Waals surface area (Å²) in [5.41, 5.74) is -0.0819. The molecule has 0 radical (unpaired) electrons. The summed E-state index contributed by atoms with van der Waals surface area (Å²) in [5.74, 6) is 0.664. The van der Waals surface area contributed by atoms with E-state index in [1.807, 2.05) is 7.05 Å². The van der Waals surface area contributed by atoms with Gasteiger partial charge < -0.3 is 10.1 Å². The van der Waals surface area contributed by atoms with Crippen molar-refractivity contribution in [2.24, 2.45) is 11.3 Å². The van der Waals surface area contributed by atoms with E-state index in [1.54, 1.807) is 0 Å². The van der Waals surface area contributed by atoms with Gasteiger partial charge in [-0.1, -0.05) is 20.8 Å². The topological polar surface area (TPSA) is 21.3 Å². The first-order valence-corrected chi connectivity index (χ1v) is 6.86. The molecule has 0 bridgehead atoms. The molecular weight excluding hydrogens is 236 g/mol. The van der Waals surface area contributed by atoms with Gasteiger partial charge in [0.15, 0.2) is 0 Å². The van der Waals surface area contributed by atoms with E-state index in [4.69, 9.17) is 4.74 Å². The van der Waals surface area contributed by atoms with Gasteiger partial charge in [-0.15, -0.1) is 0 Å². The smallest absolute Gasteiger partial charge is 0.261 e. The predicted octanol–water partition coefficient (Wildman–Crippen LogP) is 3.46. The fourth-order valence-electron chi connectivity index (χ4n) is 2.94. The van der Waals surface area contributed by atoms with Crippen molar-refractivity contribution in [2.45, 2.75) is 58.5 Å². The summed E-state index contributed by atoms with van der Waals surface area (Å²) in [5, 5.41) is 3.09. The van der Waals surface area contributed by atoms with E-state index in [-0.39, 0.29) is 5.60 Å². The first-order chi connectivity index (χ1) is 8.29. The van der Waals surface area contributed by atoms with E-state index in [0.717, 1.165) is 25.7 Å². The molecule has 0 spiro atoms. The van der Waals surface area contributed by atoms with Gasteiger partial charge >= 0.3 is 0 Å². The minimum Gasteiger partial charge on any atom is -0.368 e. The van der Waals surface area contributed by atoms with Gasteiger partial charge in [0.05, 0.1) is 5.60 Å². The summed E-state index contributed by atoms with van der Waals surface area (Å²) in [6.07, 6.45) is 1.51. The zero-order chi connectivity index (χ0) is 13.8. The minimum atomic E-state index is -2.38. The SMILES string of the molecule is CNCC1(OCC(F)F)CCC(C(C)(C)C)CC1. The van der Waals surface area contributed by atoms with Crippen molar-refractivity contribution in [2.75, 3.05) is 20.2 Å². The second-order valence-corrected chi connectivity index (χ2v) is 6.56. The van der Waals surface area contributed by atoms with Crippen LogP contribution in [0.15, 0.2) is 0 Å². The Morgan fingerprint density at radius 3 is 2.22 bits per heavy atom. The molecule has 0 unspecified atom stereocenters. The molecule has 0 atom stereocenters. The van der Waals surface area contributed by atoms with Gasteiger partial charge in [-0.2, -0.15) is 0 Å². The second kappa shape index (κ2) is 6.29. The third-order valence-electron chi connectivity index (χ3n) is 4.14. The molecule has 1 rings (SSSR count). The van der Waals surface area contributed by atoms with Crippen molar-refractivity contribution in [1.29, 1.82) is 0 Å². The molecule has 1 aliphatic carbocycles. The fraction of sp³-hybridized carbons (Fsp3) is 1.00. The van der Waals surface area contributed by atoms with Crippen molar-refractivity contribution in [3.05, 3.63) is 0 Å². The van der Waals surface area contributed by atoms with Crippen LogP contribution in [0.1, 0.15) is 46.5 Å². The van der Waals surface area contributed by atoms with Crippen LogP contribution in [0, 0.1) is 11.3 Å². The van der Waals surface area contributed by atoms with Gasteiger partial charge in [0.25, 0.3) is 6.43 Å². The van der Waals surface area contributed by atoms with Crippen LogP contribution in [0.2, 0.25) is 0 Å². The van der Waals surface area contributed by atoms with Crippen LogP contribution < -0.4 is 5.32 Å². The quantitative estimate of drug-likeness (QED) is 0.820. The number of rotatable bonds is 5. The molecule has 0 aliphatic heterocycles. The number of likely N-dealkylation sites (N-methyl/N-ethyl adjacent to an activating group) is 1. The molecule has 108 valence electrons. The maximum absolute atomic E-state index is 12.3. The highest BCUT2D eigenvalue weighted by atomic mass is 19.3. The summed E-state index contributed by atoms with van der Waals surface area (Å²) in [6.45, 7) is 6.98. The van der Waals surface area contributed by atoms with Gasteiger partial charge in [0.1, 0.15) is 6.61 Å². The van der Waals surface area contributed by atoms with Crippen molar-refractivity contribution in [3.63, 3.8) is 0 Å². The zero-order valence-electron chi connectivity index (χ0n) is 12.1. The van der Waals surface area contributed by atoms with Crippen LogP contribution in [0.25, 0.3) is 0 Å². The van der Waals surface area contributed by atoms with Crippen molar-refractivity contribution in [1.82, 2.24) is 5.32 Å². The van der Waals surface area contributed by atoms with Crippen LogP contribution >= 0.6 is 0 Å². The number of alkyl halides is 2. The third kappa shape index (κ3) is 4.47. The van der Waals surface area contributed by atoms with E-state index in [2.05, 4.69) is 26.1 Å². The van der Waals surface area contributed by atoms with Crippen LogP contribution in [0.3, 0.4) is 0 Å². The van der Waals surface area contributed by atoms with Gasteiger partial charge in [0, 0.05) is 6.54 Å². The normalized spacial score (nSPS) is 29.8. The molecule has 0 saturated heterocycles. The predicted molar refractivity (Wildman–Crippen MR) is 70.0 cm³/mol. The molecule has 18 heavy (non-hydrogen) atoms. The third-order valence-corrected chi connectivity index (χ3v) is 4.14. The van der Waals surface area contributed by atoms with E-state index < -0.39 is 13.0 Å². The standard InChI is InChI=1S/C14H27F2NO/c1-13(2,3)11-5-7-14(8-6-11,10-17-4)18-9-12(15)16/h11-12,17H,5-10H2,1-4H3. The first-order valence-electron chi connectivity index (χ1n) is 6.86. The Kier molecular flexibility index (Phi) is 5.53. The minimum absolute atomic E-state index is 0.300. The molecule has 4 heteroatoms. The average molecular weight is 263 g/mol. The van der Waals surface area contributed by atoms with Crippen LogP contribution in [0.4, 0.5) is 8.78 Å². The van der Waals surface area contributed by atoms with Crippen molar-refractivity contribution in [3.8, 4) is 0 Å². The molecule has 0 aromatic heterocycles. The number of ether oxygens (including phenoxy) is 1. The molecule has 1 fully saturated rings. The lowest BCUT2D eigenvalue weighted by Crippen LogP contribution is -2.47. The lowest BCUT2D eigenvalue weighted by Gasteiger charge is -2.44. The Labute approximate surface area is 109 Å². The van der Waals surface area contributed by atoms with E-state index >= 15 is 0 Å². The Hall–Kier alpha value is -0.220. The number of hydrogen-bond donors (Lipinski definition) is 1. The number of hydrogen-bond acceptors (Lipinski definition) is 2. The van der Waals surface area contributed by atoms with Gasteiger partial charge in [-0.05, 0) is 44.1 Å². The molecule has 1 N–H and O–H groups in total. The average Bonchev–Trinajstić information content (AvgIpc) is 2.26. The summed E-state index contributed by atoms with van der Waals surface area (Å²) >= 11 is 0. The molecule has 1 saturated carbocycles. The zero-order valence-corrected chi connectivity index (χ0v) is 12.1. The maximum Gasteiger partial charge on any atom is 0.261 e. The summed E-state index contributed by atoms with van der Waals surface area (Å²) in [6, 6.07) is 0. The van der Waals surface area contributed by atoms with E-state index in [0.29, 0.717) is 17.9 Å². The largest absolute Gasteiger partial charge is 0.368 e. The van der Waals surface area contributed by atoms with E-state index in [1.165, 1.54) is 0 Å². The molecule has 0 aromatic carbocycles. The molecular formula is C14H27F2NO. The summed E-state index contributed by atoms with van der Waals surface area (Å²) in [7, 11) is 1.85. The maximum atomic E-state index is 12.3. The van der Waals surface area contributed by atoms with Crippen LogP contribution in [-0.4, -0.2) is 32.2 Å². The Bertz CT molecular complexity index is 243. The number of nitrogens with one attached hydrogen (secondary N) is 1. The first kappa shape index (κ1) is 15.8. The fourth-order valence-corrected chi connectivity index (χ4v) is 2.94. The number of halogens is 2. The lowest BCUT2D eigenvalue weighted by molar-refractivity contribution is -0.115.